The molecule has 1 atom stereocenters. The zero-order valence-corrected chi connectivity index (χ0v) is 16.0. The highest BCUT2D eigenvalue weighted by molar-refractivity contribution is 7.90. The number of amides is 1. The summed E-state index contributed by atoms with van der Waals surface area (Å²) in [5.41, 5.74) is 0.994. The van der Waals surface area contributed by atoms with Crippen molar-refractivity contribution in [2.75, 3.05) is 46.0 Å². The third-order valence-electron chi connectivity index (χ3n) is 4.31. The van der Waals surface area contributed by atoms with Gasteiger partial charge < -0.3 is 10.2 Å². The van der Waals surface area contributed by atoms with E-state index < -0.39 is 9.84 Å². The quantitative estimate of drug-likeness (QED) is 0.829. The summed E-state index contributed by atoms with van der Waals surface area (Å²) in [4.78, 5) is 16.5. The van der Waals surface area contributed by atoms with Crippen molar-refractivity contribution in [3.8, 4) is 0 Å². The molecule has 8 heteroatoms. The molecule has 0 bridgehead atoms. The second kappa shape index (κ2) is 8.80. The highest BCUT2D eigenvalue weighted by atomic mass is 35.5. The zero-order valence-electron chi connectivity index (χ0n) is 14.4. The van der Waals surface area contributed by atoms with Crippen LogP contribution in [0.3, 0.4) is 0 Å². The normalized spacial score (nSPS) is 16.6. The number of benzene rings is 1. The van der Waals surface area contributed by atoms with E-state index in [0.717, 1.165) is 31.7 Å². The van der Waals surface area contributed by atoms with Crippen LogP contribution in [0.25, 0.3) is 0 Å². The third-order valence-corrected chi connectivity index (χ3v) is 5.43. The molecule has 1 N–H and O–H groups in total. The Kier molecular flexibility index (Phi) is 7.66. The van der Waals surface area contributed by atoms with E-state index in [2.05, 4.69) is 5.32 Å². The summed E-state index contributed by atoms with van der Waals surface area (Å²) in [6.45, 7) is 5.57. The SMILES string of the molecule is CC(c1ccc(S(C)(=O)=O)cc1)N(C)CC(=O)N1CCNCC1.Cl. The topological polar surface area (TPSA) is 69.7 Å². The first-order chi connectivity index (χ1) is 10.8. The van der Waals surface area contributed by atoms with E-state index in [9.17, 15) is 13.2 Å². The van der Waals surface area contributed by atoms with Crippen LogP contribution in [0.5, 0.6) is 0 Å². The van der Waals surface area contributed by atoms with Crippen molar-refractivity contribution in [2.24, 2.45) is 0 Å². The molecule has 136 valence electrons. The lowest BCUT2D eigenvalue weighted by Crippen LogP contribution is -2.49. The second-order valence-corrected chi connectivity index (χ2v) is 8.08. The van der Waals surface area contributed by atoms with Gasteiger partial charge >= 0.3 is 0 Å². The molecule has 1 saturated heterocycles. The summed E-state index contributed by atoms with van der Waals surface area (Å²) in [6.07, 6.45) is 1.20. The van der Waals surface area contributed by atoms with Gasteiger partial charge in [0.15, 0.2) is 9.84 Å². The number of hydrogen-bond acceptors (Lipinski definition) is 5. The number of carbonyl (C=O) groups is 1. The number of rotatable bonds is 5. The number of sulfone groups is 1. The second-order valence-electron chi connectivity index (χ2n) is 6.06. The van der Waals surface area contributed by atoms with Crippen LogP contribution < -0.4 is 5.32 Å². The number of likely N-dealkylation sites (N-methyl/N-ethyl adjacent to an activating group) is 1. The maximum absolute atomic E-state index is 12.3. The number of nitrogens with zero attached hydrogens (tertiary/aromatic N) is 2. The van der Waals surface area contributed by atoms with Crippen molar-refractivity contribution < 1.29 is 13.2 Å². The van der Waals surface area contributed by atoms with Gasteiger partial charge in [0.25, 0.3) is 0 Å². The van der Waals surface area contributed by atoms with Crippen molar-refractivity contribution in [1.29, 1.82) is 0 Å². The van der Waals surface area contributed by atoms with Crippen molar-refractivity contribution in [1.82, 2.24) is 15.1 Å². The highest BCUT2D eigenvalue weighted by Gasteiger charge is 2.20. The fourth-order valence-corrected chi connectivity index (χ4v) is 3.24. The Morgan fingerprint density at radius 2 is 1.79 bits per heavy atom. The molecule has 2 rings (SSSR count). The average molecular weight is 376 g/mol. The standard InChI is InChI=1S/C16H25N3O3S.ClH/c1-13(14-4-6-15(7-5-14)23(3,21)22)18(2)12-16(20)19-10-8-17-9-11-19;/h4-7,13,17H,8-12H2,1-3H3;1H. The lowest BCUT2D eigenvalue weighted by atomic mass is 10.1. The van der Waals surface area contributed by atoms with Crippen LogP contribution in [0.4, 0.5) is 0 Å². The van der Waals surface area contributed by atoms with Gasteiger partial charge in [-0.25, -0.2) is 8.42 Å². The van der Waals surface area contributed by atoms with Gasteiger partial charge in [-0.05, 0) is 31.7 Å². The fraction of sp³-hybridized carbons (Fsp3) is 0.562. The Bertz CT molecular complexity index is 643. The van der Waals surface area contributed by atoms with E-state index in [1.54, 1.807) is 12.1 Å². The monoisotopic (exact) mass is 375 g/mol. The van der Waals surface area contributed by atoms with Crippen LogP contribution in [0.15, 0.2) is 29.2 Å². The number of nitrogens with one attached hydrogen (secondary N) is 1. The Labute approximate surface area is 150 Å². The first-order valence-electron chi connectivity index (χ1n) is 7.78. The van der Waals surface area contributed by atoms with E-state index >= 15 is 0 Å². The Morgan fingerprint density at radius 3 is 2.29 bits per heavy atom. The summed E-state index contributed by atoms with van der Waals surface area (Å²) in [7, 11) is -1.27. The van der Waals surface area contributed by atoms with Crippen molar-refractivity contribution in [3.05, 3.63) is 29.8 Å². The van der Waals surface area contributed by atoms with Gasteiger partial charge in [0.05, 0.1) is 11.4 Å². The van der Waals surface area contributed by atoms with Crippen LogP contribution in [0.1, 0.15) is 18.5 Å². The van der Waals surface area contributed by atoms with Crippen LogP contribution in [0, 0.1) is 0 Å². The highest BCUT2D eigenvalue weighted by Crippen LogP contribution is 2.20. The fourth-order valence-electron chi connectivity index (χ4n) is 2.61. The molecule has 1 amide bonds. The van der Waals surface area contributed by atoms with Crippen molar-refractivity contribution in [3.63, 3.8) is 0 Å². The van der Waals surface area contributed by atoms with Gasteiger partial charge in [-0.1, -0.05) is 12.1 Å². The molecule has 1 aromatic carbocycles. The molecule has 0 spiro atoms. The summed E-state index contributed by atoms with van der Waals surface area (Å²) < 4.78 is 23.0. The first-order valence-corrected chi connectivity index (χ1v) is 9.67. The molecule has 6 nitrogen and oxygen atoms in total. The van der Waals surface area contributed by atoms with E-state index in [1.807, 2.05) is 35.9 Å². The smallest absolute Gasteiger partial charge is 0.236 e. The van der Waals surface area contributed by atoms with Gasteiger partial charge in [-0.2, -0.15) is 0 Å². The van der Waals surface area contributed by atoms with Gasteiger partial charge in [0.1, 0.15) is 0 Å². The molecular weight excluding hydrogens is 350 g/mol. The largest absolute Gasteiger partial charge is 0.339 e. The van der Waals surface area contributed by atoms with Crippen molar-refractivity contribution in [2.45, 2.75) is 17.9 Å². The number of hydrogen-bond donors (Lipinski definition) is 1. The molecule has 1 aliphatic rings. The van der Waals surface area contributed by atoms with Gasteiger partial charge in [0, 0.05) is 38.5 Å². The lowest BCUT2D eigenvalue weighted by Gasteiger charge is -2.31. The molecule has 24 heavy (non-hydrogen) atoms. The molecule has 1 aromatic rings. The third kappa shape index (κ3) is 5.44. The molecule has 0 aromatic heterocycles. The summed E-state index contributed by atoms with van der Waals surface area (Å²) in [6, 6.07) is 6.90. The minimum Gasteiger partial charge on any atom is -0.339 e. The maximum Gasteiger partial charge on any atom is 0.236 e. The number of carbonyl (C=O) groups excluding carboxylic acids is 1. The molecule has 1 unspecified atom stereocenters. The Hall–Kier alpha value is -1.15. The molecule has 0 radical (unpaired) electrons. The summed E-state index contributed by atoms with van der Waals surface area (Å²) >= 11 is 0. The van der Waals surface area contributed by atoms with Crippen LogP contribution in [-0.2, 0) is 14.6 Å². The molecule has 1 heterocycles. The predicted octanol–water partition coefficient (Wildman–Crippen LogP) is 0.936. The Balaban J connectivity index is 0.00000288. The van der Waals surface area contributed by atoms with E-state index in [1.165, 1.54) is 6.26 Å². The minimum absolute atomic E-state index is 0. The van der Waals surface area contributed by atoms with Gasteiger partial charge in [-0.15, -0.1) is 12.4 Å². The van der Waals surface area contributed by atoms with E-state index in [-0.39, 0.29) is 24.4 Å². The molecule has 0 aliphatic carbocycles. The van der Waals surface area contributed by atoms with Crippen molar-refractivity contribution >= 4 is 28.2 Å². The first kappa shape index (κ1) is 20.9. The van der Waals surface area contributed by atoms with Crippen LogP contribution in [0.2, 0.25) is 0 Å². The number of halogens is 1. The number of piperazine rings is 1. The van der Waals surface area contributed by atoms with E-state index in [4.69, 9.17) is 0 Å². The van der Waals surface area contributed by atoms with Crippen LogP contribution in [-0.4, -0.2) is 70.2 Å². The van der Waals surface area contributed by atoms with Gasteiger partial charge in [-0.3, -0.25) is 9.69 Å². The lowest BCUT2D eigenvalue weighted by molar-refractivity contribution is -0.133. The Morgan fingerprint density at radius 1 is 1.25 bits per heavy atom. The predicted molar refractivity (Wildman–Crippen MR) is 97.3 cm³/mol. The van der Waals surface area contributed by atoms with E-state index in [0.29, 0.717) is 11.4 Å². The molecule has 0 saturated carbocycles. The molecule has 1 fully saturated rings. The summed E-state index contributed by atoms with van der Waals surface area (Å²) in [5.74, 6) is 0.133. The average Bonchev–Trinajstić information content (AvgIpc) is 2.54. The molecule has 1 aliphatic heterocycles. The minimum atomic E-state index is -3.18. The summed E-state index contributed by atoms with van der Waals surface area (Å²) in [5, 5.41) is 3.23. The van der Waals surface area contributed by atoms with Gasteiger partial charge in [0.2, 0.25) is 5.91 Å². The van der Waals surface area contributed by atoms with Crippen LogP contribution >= 0.6 is 12.4 Å². The maximum atomic E-state index is 12.3. The zero-order chi connectivity index (χ0) is 17.0. The molecular formula is C16H26ClN3O3S.